The molecular weight excluding hydrogens is 637 g/mol. The number of ether oxygens (including phenoxy) is 3. The molecule has 0 amide bonds. The van der Waals surface area contributed by atoms with E-state index in [-0.39, 0.29) is 34.3 Å². The van der Waals surface area contributed by atoms with Crippen LogP contribution in [0.3, 0.4) is 0 Å². The van der Waals surface area contributed by atoms with Gasteiger partial charge in [0.15, 0.2) is 11.5 Å². The molecular formula is C30H54N5O7PS2. The van der Waals surface area contributed by atoms with Gasteiger partial charge in [-0.05, 0) is 32.9 Å². The van der Waals surface area contributed by atoms with E-state index in [1.807, 2.05) is 6.92 Å². The van der Waals surface area contributed by atoms with Gasteiger partial charge in [-0.15, -0.1) is 9.45 Å². The minimum atomic E-state index is -3.79. The topological polar surface area (TPSA) is 150 Å². The Kier molecular flexibility index (Phi) is 20.0. The van der Waals surface area contributed by atoms with Gasteiger partial charge in [0.05, 0.1) is 31.7 Å². The second-order valence-electron chi connectivity index (χ2n) is 11.4. The van der Waals surface area contributed by atoms with E-state index < -0.39 is 26.6 Å². The van der Waals surface area contributed by atoms with Gasteiger partial charge in [0, 0.05) is 5.75 Å². The van der Waals surface area contributed by atoms with Crippen molar-refractivity contribution in [1.82, 2.24) is 19.5 Å². The number of carbonyl (C=O) groups excluding carboxylic acids is 1. The summed E-state index contributed by atoms with van der Waals surface area (Å²) in [7, 11) is -4.08. The molecule has 0 aliphatic carbocycles. The molecule has 0 radical (unpaired) electrons. The zero-order valence-electron chi connectivity index (χ0n) is 27.5. The number of carbonyl (C=O) groups is 1. The van der Waals surface area contributed by atoms with Crippen molar-refractivity contribution in [3.8, 4) is 0 Å². The lowest BCUT2D eigenvalue weighted by Crippen LogP contribution is -2.20. The third-order valence-corrected chi connectivity index (χ3v) is 10.9. The van der Waals surface area contributed by atoms with Gasteiger partial charge >= 0.3 is 13.8 Å². The van der Waals surface area contributed by atoms with Gasteiger partial charge in [0.2, 0.25) is 6.79 Å². The Balaban J connectivity index is 1.73. The van der Waals surface area contributed by atoms with E-state index in [1.54, 1.807) is 24.7 Å². The number of hydrogen-bond donors (Lipinski definition) is 1. The summed E-state index contributed by atoms with van der Waals surface area (Å²) in [6.45, 7) is 7.37. The molecule has 45 heavy (non-hydrogen) atoms. The number of hydrogen-bond acceptors (Lipinski definition) is 12. The minimum absolute atomic E-state index is 0.151. The lowest BCUT2D eigenvalue weighted by molar-refractivity contribution is -0.0177. The molecule has 12 nitrogen and oxygen atoms in total. The first-order valence-electron chi connectivity index (χ1n) is 16.2. The van der Waals surface area contributed by atoms with Crippen LogP contribution in [-0.2, 0) is 55.0 Å². The van der Waals surface area contributed by atoms with E-state index in [9.17, 15) is 9.36 Å². The van der Waals surface area contributed by atoms with Crippen molar-refractivity contribution in [3.63, 3.8) is 0 Å². The van der Waals surface area contributed by atoms with Gasteiger partial charge in [-0.2, -0.15) is 0 Å². The van der Waals surface area contributed by atoms with Crippen molar-refractivity contribution >= 4 is 51.4 Å². The number of unbranched alkanes of at least 4 members (excludes halogenated alkanes) is 11. The van der Waals surface area contributed by atoms with E-state index >= 15 is 0 Å². The third-order valence-electron chi connectivity index (χ3n) is 6.98. The van der Waals surface area contributed by atoms with Crippen molar-refractivity contribution in [2.45, 2.75) is 123 Å². The maximum atomic E-state index is 13.5. The Morgan fingerprint density at radius 2 is 1.60 bits per heavy atom. The summed E-state index contributed by atoms with van der Waals surface area (Å²) in [6, 6.07) is 0. The lowest BCUT2D eigenvalue weighted by atomic mass is 10.1. The van der Waals surface area contributed by atoms with Crippen molar-refractivity contribution in [3.05, 3.63) is 12.7 Å². The van der Waals surface area contributed by atoms with Crippen molar-refractivity contribution < 1.29 is 32.6 Å². The smallest absolute Gasteiger partial charge is 0.432 e. The summed E-state index contributed by atoms with van der Waals surface area (Å²) in [5.74, 6) is 1.80. The monoisotopic (exact) mass is 691 g/mol. The van der Waals surface area contributed by atoms with Gasteiger partial charge in [0.25, 0.3) is 0 Å². The number of fused-ring (bicyclic) bond motifs is 1. The number of nitrogens with zero attached hydrogens (tertiary/aromatic N) is 4. The largest absolute Gasteiger partial charge is 0.510 e. The Hall–Kier alpha value is -1.70. The average molecular weight is 692 g/mol. The maximum Gasteiger partial charge on any atom is 0.510 e. The van der Waals surface area contributed by atoms with Crippen molar-refractivity contribution in [1.29, 1.82) is 0 Å². The molecule has 2 aromatic heterocycles. The van der Waals surface area contributed by atoms with Gasteiger partial charge in [0.1, 0.15) is 18.2 Å². The van der Waals surface area contributed by atoms with Crippen LogP contribution in [0.15, 0.2) is 12.7 Å². The minimum Gasteiger partial charge on any atom is -0.432 e. The summed E-state index contributed by atoms with van der Waals surface area (Å²) in [5.41, 5.74) is 6.94. The highest BCUT2D eigenvalue weighted by Crippen LogP contribution is 2.48. The molecule has 0 fully saturated rings. The Morgan fingerprint density at radius 3 is 2.24 bits per heavy atom. The van der Waals surface area contributed by atoms with Crippen LogP contribution in [0.4, 0.5) is 10.6 Å². The van der Waals surface area contributed by atoms with Gasteiger partial charge in [-0.1, -0.05) is 88.7 Å². The average Bonchev–Trinajstić information content (AvgIpc) is 3.40. The lowest BCUT2D eigenvalue weighted by Gasteiger charge is -2.21. The van der Waals surface area contributed by atoms with E-state index in [1.165, 1.54) is 77.0 Å². The molecule has 2 aromatic rings. The van der Waals surface area contributed by atoms with E-state index in [0.29, 0.717) is 23.5 Å². The third kappa shape index (κ3) is 17.1. The first-order chi connectivity index (χ1) is 21.6. The van der Waals surface area contributed by atoms with Crippen LogP contribution in [0.25, 0.3) is 11.2 Å². The zero-order valence-corrected chi connectivity index (χ0v) is 30.1. The zero-order chi connectivity index (χ0) is 32.9. The maximum absolute atomic E-state index is 13.5. The second-order valence-corrected chi connectivity index (χ2v) is 16.5. The van der Waals surface area contributed by atoms with E-state index in [0.717, 1.165) is 12.2 Å². The van der Waals surface area contributed by atoms with Crippen LogP contribution in [0, 0.1) is 0 Å². The molecule has 0 saturated heterocycles. The van der Waals surface area contributed by atoms with Crippen LogP contribution < -0.4 is 5.73 Å². The number of imidazole rings is 1. The number of nitrogen functional groups attached to an aromatic ring is 1. The molecule has 3 atom stereocenters. The Labute approximate surface area is 276 Å². The van der Waals surface area contributed by atoms with Gasteiger partial charge in [-0.3, -0.25) is 9.09 Å². The molecule has 15 heteroatoms. The fourth-order valence-corrected chi connectivity index (χ4v) is 7.47. The number of anilines is 1. The Morgan fingerprint density at radius 1 is 0.956 bits per heavy atom. The first kappa shape index (κ1) is 39.5. The van der Waals surface area contributed by atoms with E-state index in [2.05, 4.69) is 21.9 Å². The summed E-state index contributed by atoms with van der Waals surface area (Å²) >= 11 is 5.66. The molecule has 2 rings (SSSR count). The summed E-state index contributed by atoms with van der Waals surface area (Å²) in [4.78, 5) is 24.2. The highest BCUT2D eigenvalue weighted by molar-refractivity contribution is 8.28. The quantitative estimate of drug-likeness (QED) is 0.0456. The van der Waals surface area contributed by atoms with Crippen LogP contribution >= 0.6 is 7.60 Å². The molecule has 1 unspecified atom stereocenters. The van der Waals surface area contributed by atoms with E-state index in [4.69, 9.17) is 40.2 Å². The number of nitrogens with two attached hydrogens (primary N) is 1. The molecule has 0 aromatic carbocycles. The van der Waals surface area contributed by atoms with Gasteiger partial charge in [-0.25, -0.2) is 19.7 Å². The fraction of sp³-hybridized carbons (Fsp3) is 0.800. The van der Waals surface area contributed by atoms with Crippen LogP contribution in [-0.4, -0.2) is 69.1 Å². The summed E-state index contributed by atoms with van der Waals surface area (Å²) in [5, 5.41) is 0. The first-order valence-corrected chi connectivity index (χ1v) is 20.4. The highest BCUT2D eigenvalue weighted by Gasteiger charge is 2.28. The molecule has 2 N–H and O–H groups in total. The second kappa shape index (κ2) is 22.8. The molecule has 0 aliphatic rings. The SMILES string of the molecule is CCCCCCCCCCCCCCS(=S)CCO[P@](=O)(CO[C@H](C)Cn1cnc2c(N)ncnc21)OCOC(=O)OC(C)C. The Bertz CT molecular complexity index is 1190. The molecule has 0 spiro atoms. The standard InChI is InChI=1S/C30H54N5O7PS2/c1-5-6-7-8-9-10-11-12-13-14-15-16-18-45(44)19-17-40-43(37,41-23-38-30(36)42-25(2)3)24-39-26(4)20-35-22-34-27-28(31)32-21-33-29(27)35/h21-22,25-26H,5-20,23-24H2,1-4H3,(H2,31,32,33)/t26-,43-,45?/m1/s1. The molecule has 258 valence electrons. The highest BCUT2D eigenvalue weighted by atomic mass is 32.8. The fourth-order valence-electron chi connectivity index (χ4n) is 4.55. The number of aromatic nitrogens is 4. The molecule has 0 bridgehead atoms. The molecule has 2 heterocycles. The molecule has 0 saturated carbocycles. The van der Waals surface area contributed by atoms with Crippen LogP contribution in [0.1, 0.15) is 105 Å². The van der Waals surface area contributed by atoms with Crippen LogP contribution in [0.2, 0.25) is 0 Å². The predicted molar refractivity (Wildman–Crippen MR) is 183 cm³/mol. The normalized spacial score (nSPS) is 14.4. The summed E-state index contributed by atoms with van der Waals surface area (Å²) in [6.07, 6.45) is 16.5. The predicted octanol–water partition coefficient (Wildman–Crippen LogP) is 7.30. The number of rotatable bonds is 26. The van der Waals surface area contributed by atoms with Crippen molar-refractivity contribution in [2.75, 3.05) is 37.0 Å². The summed E-state index contributed by atoms with van der Waals surface area (Å²) < 4.78 is 42.1. The van der Waals surface area contributed by atoms with Crippen LogP contribution in [0.5, 0.6) is 0 Å². The van der Waals surface area contributed by atoms with Crippen molar-refractivity contribution in [2.24, 2.45) is 0 Å². The molecule has 0 aliphatic heterocycles. The van der Waals surface area contributed by atoms with Gasteiger partial charge < -0.3 is 29.0 Å².